The van der Waals surface area contributed by atoms with Gasteiger partial charge in [0.1, 0.15) is 0 Å². The lowest BCUT2D eigenvalue weighted by atomic mass is 9.94. The van der Waals surface area contributed by atoms with Gasteiger partial charge in [-0.3, -0.25) is 4.55 Å². The van der Waals surface area contributed by atoms with Crippen molar-refractivity contribution in [3.05, 3.63) is 0 Å². The Labute approximate surface area is 94.0 Å². The highest BCUT2D eigenvalue weighted by Crippen LogP contribution is 2.19. The van der Waals surface area contributed by atoms with Crippen molar-refractivity contribution in [1.29, 1.82) is 0 Å². The third-order valence-corrected chi connectivity index (χ3v) is 3.61. The van der Waals surface area contributed by atoms with E-state index in [2.05, 4.69) is 13.8 Å². The van der Waals surface area contributed by atoms with Crippen molar-refractivity contribution < 1.29 is 13.0 Å². The summed E-state index contributed by atoms with van der Waals surface area (Å²) in [5, 5.41) is 0. The maximum absolute atomic E-state index is 10.5. The van der Waals surface area contributed by atoms with Gasteiger partial charge in [-0.25, -0.2) is 0 Å². The van der Waals surface area contributed by atoms with Crippen LogP contribution >= 0.6 is 0 Å². The molecule has 1 N–H and O–H groups in total. The maximum atomic E-state index is 10.5. The number of hydrogen-bond donors (Lipinski definition) is 1. The van der Waals surface area contributed by atoms with Crippen molar-refractivity contribution in [2.45, 2.75) is 58.8 Å². The van der Waals surface area contributed by atoms with Crippen LogP contribution in [0.1, 0.15) is 58.8 Å². The second-order valence-electron chi connectivity index (χ2n) is 4.20. The SMILES string of the molecule is CCCCC(CC)CCCCS(=O)(=O)O. The minimum absolute atomic E-state index is 0.0861. The Bertz CT molecular complexity index is 234. The second kappa shape index (κ2) is 8.11. The van der Waals surface area contributed by atoms with E-state index in [0.29, 0.717) is 6.42 Å². The Morgan fingerprint density at radius 3 is 2.13 bits per heavy atom. The lowest BCUT2D eigenvalue weighted by molar-refractivity contribution is 0.406. The summed E-state index contributed by atoms with van der Waals surface area (Å²) in [6.07, 6.45) is 7.48. The molecule has 0 aliphatic heterocycles. The Morgan fingerprint density at radius 1 is 1.07 bits per heavy atom. The van der Waals surface area contributed by atoms with E-state index in [1.165, 1.54) is 25.7 Å². The largest absolute Gasteiger partial charge is 0.286 e. The molecule has 0 aromatic carbocycles. The molecular weight excluding hydrogens is 212 g/mol. The molecule has 0 spiro atoms. The Kier molecular flexibility index (Phi) is 8.06. The first-order valence-corrected chi connectivity index (χ1v) is 7.55. The summed E-state index contributed by atoms with van der Waals surface area (Å²) in [5.41, 5.74) is 0. The Hall–Kier alpha value is -0.0900. The summed E-state index contributed by atoms with van der Waals surface area (Å²) < 4.78 is 29.5. The van der Waals surface area contributed by atoms with E-state index in [9.17, 15) is 8.42 Å². The van der Waals surface area contributed by atoms with Gasteiger partial charge in [0.2, 0.25) is 0 Å². The van der Waals surface area contributed by atoms with Gasteiger partial charge in [-0.2, -0.15) is 8.42 Å². The van der Waals surface area contributed by atoms with Crippen LogP contribution in [0.5, 0.6) is 0 Å². The zero-order valence-electron chi connectivity index (χ0n) is 9.91. The number of hydrogen-bond acceptors (Lipinski definition) is 2. The number of rotatable bonds is 9. The van der Waals surface area contributed by atoms with Gasteiger partial charge in [0, 0.05) is 0 Å². The first kappa shape index (κ1) is 14.9. The van der Waals surface area contributed by atoms with Crippen LogP contribution in [-0.4, -0.2) is 18.7 Å². The zero-order valence-corrected chi connectivity index (χ0v) is 10.7. The first-order valence-electron chi connectivity index (χ1n) is 5.94. The van der Waals surface area contributed by atoms with Crippen LogP contribution in [0.4, 0.5) is 0 Å². The summed E-state index contributed by atoms with van der Waals surface area (Å²) >= 11 is 0. The minimum atomic E-state index is -3.75. The average molecular weight is 236 g/mol. The van der Waals surface area contributed by atoms with Gasteiger partial charge in [-0.1, -0.05) is 52.4 Å². The summed E-state index contributed by atoms with van der Waals surface area (Å²) in [6, 6.07) is 0. The molecule has 0 aliphatic rings. The zero-order chi connectivity index (χ0) is 11.7. The van der Waals surface area contributed by atoms with Gasteiger partial charge < -0.3 is 0 Å². The van der Waals surface area contributed by atoms with Crippen molar-refractivity contribution in [3.8, 4) is 0 Å². The molecule has 1 atom stereocenters. The molecule has 0 amide bonds. The third kappa shape index (κ3) is 10.2. The van der Waals surface area contributed by atoms with Crippen molar-refractivity contribution >= 4 is 10.1 Å². The lowest BCUT2D eigenvalue weighted by Crippen LogP contribution is -2.05. The predicted octanol–water partition coefficient (Wildman–Crippen LogP) is 3.26. The van der Waals surface area contributed by atoms with E-state index < -0.39 is 10.1 Å². The highest BCUT2D eigenvalue weighted by Gasteiger charge is 2.07. The van der Waals surface area contributed by atoms with Crippen LogP contribution in [-0.2, 0) is 10.1 Å². The molecule has 92 valence electrons. The van der Waals surface area contributed by atoms with E-state index in [4.69, 9.17) is 4.55 Å². The molecule has 0 radical (unpaired) electrons. The molecule has 0 fully saturated rings. The van der Waals surface area contributed by atoms with E-state index in [1.54, 1.807) is 0 Å². The van der Waals surface area contributed by atoms with Gasteiger partial charge >= 0.3 is 0 Å². The topological polar surface area (TPSA) is 54.4 Å². The van der Waals surface area contributed by atoms with Gasteiger partial charge in [0.15, 0.2) is 0 Å². The van der Waals surface area contributed by atoms with Crippen LogP contribution in [0.3, 0.4) is 0 Å². The fourth-order valence-corrected chi connectivity index (χ4v) is 2.33. The van der Waals surface area contributed by atoms with Crippen LogP contribution in [0, 0.1) is 5.92 Å². The van der Waals surface area contributed by atoms with E-state index in [-0.39, 0.29) is 5.75 Å². The van der Waals surface area contributed by atoms with Crippen molar-refractivity contribution in [3.63, 3.8) is 0 Å². The third-order valence-electron chi connectivity index (χ3n) is 2.81. The quantitative estimate of drug-likeness (QED) is 0.494. The highest BCUT2D eigenvalue weighted by atomic mass is 32.2. The summed E-state index contributed by atoms with van der Waals surface area (Å²) in [4.78, 5) is 0. The molecule has 3 nitrogen and oxygen atoms in total. The van der Waals surface area contributed by atoms with E-state index in [1.807, 2.05) is 0 Å². The molecule has 0 aliphatic carbocycles. The molecule has 1 unspecified atom stereocenters. The fourth-order valence-electron chi connectivity index (χ4n) is 1.76. The molecular formula is C11H24O3S. The van der Waals surface area contributed by atoms with Crippen molar-refractivity contribution in [2.24, 2.45) is 5.92 Å². The Morgan fingerprint density at radius 2 is 1.67 bits per heavy atom. The maximum Gasteiger partial charge on any atom is 0.264 e. The lowest BCUT2D eigenvalue weighted by Gasteiger charge is -2.13. The standard InChI is InChI=1S/C11H24O3S/c1-3-5-8-11(4-2)9-6-7-10-15(12,13)14/h11H,3-10H2,1-2H3,(H,12,13,14). The monoisotopic (exact) mass is 236 g/mol. The number of unbranched alkanes of at least 4 members (excludes halogenated alkanes) is 2. The van der Waals surface area contributed by atoms with Gasteiger partial charge in [0.25, 0.3) is 10.1 Å². The molecule has 15 heavy (non-hydrogen) atoms. The molecule has 0 heterocycles. The summed E-state index contributed by atoms with van der Waals surface area (Å²) in [6.45, 7) is 4.37. The molecule has 4 heteroatoms. The van der Waals surface area contributed by atoms with Crippen LogP contribution in [0.15, 0.2) is 0 Å². The van der Waals surface area contributed by atoms with Crippen molar-refractivity contribution in [1.82, 2.24) is 0 Å². The van der Waals surface area contributed by atoms with E-state index in [0.717, 1.165) is 18.8 Å². The molecule has 0 aromatic heterocycles. The average Bonchev–Trinajstić information content (AvgIpc) is 2.15. The minimum Gasteiger partial charge on any atom is -0.286 e. The molecule has 0 aromatic rings. The van der Waals surface area contributed by atoms with E-state index >= 15 is 0 Å². The Balaban J connectivity index is 3.54. The predicted molar refractivity (Wildman–Crippen MR) is 63.6 cm³/mol. The smallest absolute Gasteiger partial charge is 0.264 e. The van der Waals surface area contributed by atoms with Gasteiger partial charge in [0.05, 0.1) is 5.75 Å². The highest BCUT2D eigenvalue weighted by molar-refractivity contribution is 7.85. The molecule has 0 rings (SSSR count). The normalized spacial score (nSPS) is 14.1. The van der Waals surface area contributed by atoms with Crippen molar-refractivity contribution in [2.75, 3.05) is 5.75 Å². The van der Waals surface area contributed by atoms with Crippen LogP contribution < -0.4 is 0 Å². The van der Waals surface area contributed by atoms with Crippen LogP contribution in [0.2, 0.25) is 0 Å². The molecule has 0 bridgehead atoms. The molecule has 0 saturated heterocycles. The second-order valence-corrected chi connectivity index (χ2v) is 5.77. The van der Waals surface area contributed by atoms with Gasteiger partial charge in [-0.05, 0) is 12.3 Å². The molecule has 0 saturated carbocycles. The van der Waals surface area contributed by atoms with Crippen LogP contribution in [0.25, 0.3) is 0 Å². The van der Waals surface area contributed by atoms with Gasteiger partial charge in [-0.15, -0.1) is 0 Å². The summed E-state index contributed by atoms with van der Waals surface area (Å²) in [7, 11) is -3.75. The fraction of sp³-hybridized carbons (Fsp3) is 1.00. The summed E-state index contributed by atoms with van der Waals surface area (Å²) in [5.74, 6) is 0.642. The first-order chi connectivity index (χ1) is 6.99.